The van der Waals surface area contributed by atoms with Gasteiger partial charge in [-0.3, -0.25) is 14.3 Å². The summed E-state index contributed by atoms with van der Waals surface area (Å²) in [6.45, 7) is 2.44. The lowest BCUT2D eigenvalue weighted by molar-refractivity contribution is 0.175. The highest BCUT2D eigenvalue weighted by Crippen LogP contribution is 2.16. The van der Waals surface area contributed by atoms with Crippen LogP contribution >= 0.6 is 0 Å². The third-order valence-electron chi connectivity index (χ3n) is 3.99. The molecule has 3 N–H and O–H groups in total. The van der Waals surface area contributed by atoms with E-state index in [0.29, 0.717) is 12.5 Å². The third kappa shape index (κ3) is 3.48. The van der Waals surface area contributed by atoms with Gasteiger partial charge in [0.25, 0.3) is 5.56 Å². The number of aliphatic hydroxyl groups excluding tert-OH is 1. The molecule has 0 aliphatic heterocycles. The molecule has 3 aromatic rings. The number of aliphatic hydroxyl groups is 1. The van der Waals surface area contributed by atoms with Gasteiger partial charge in [0.15, 0.2) is 11.2 Å². The minimum absolute atomic E-state index is 0.200. The van der Waals surface area contributed by atoms with Crippen molar-refractivity contribution in [2.45, 2.75) is 26.0 Å². The summed E-state index contributed by atoms with van der Waals surface area (Å²) in [5.41, 5.74) is 0.706. The predicted molar refractivity (Wildman–Crippen MR) is 95.9 cm³/mol. The molecular weight excluding hydrogens is 322 g/mol. The number of hydrogen-bond donors (Lipinski definition) is 3. The van der Waals surface area contributed by atoms with Crippen LogP contribution in [0, 0.1) is 0 Å². The number of aromatic amines is 1. The maximum absolute atomic E-state index is 12.2. The van der Waals surface area contributed by atoms with E-state index in [4.69, 9.17) is 0 Å². The zero-order chi connectivity index (χ0) is 18.0. The van der Waals surface area contributed by atoms with E-state index < -0.39 is 17.4 Å². The van der Waals surface area contributed by atoms with Crippen molar-refractivity contribution in [3.63, 3.8) is 0 Å². The largest absolute Gasteiger partial charge is 0.392 e. The SMILES string of the molecule is C[C@@H](O)Cn1c(NCCc2ccccc2)nc2c1c(=O)[nH]c(=O)n2C. The summed E-state index contributed by atoms with van der Waals surface area (Å²) in [6.07, 6.45) is 0.122. The normalized spacial score (nSPS) is 12.4. The average Bonchev–Trinajstić information content (AvgIpc) is 2.92. The van der Waals surface area contributed by atoms with E-state index in [1.807, 2.05) is 30.3 Å². The van der Waals surface area contributed by atoms with Crippen molar-refractivity contribution in [3.8, 4) is 0 Å². The molecule has 0 spiro atoms. The fourth-order valence-electron chi connectivity index (χ4n) is 2.77. The second-order valence-corrected chi connectivity index (χ2v) is 6.05. The van der Waals surface area contributed by atoms with Gasteiger partial charge in [-0.25, -0.2) is 4.79 Å². The van der Waals surface area contributed by atoms with E-state index in [0.717, 1.165) is 6.42 Å². The molecule has 8 heteroatoms. The number of fused-ring (bicyclic) bond motifs is 1. The minimum atomic E-state index is -0.663. The first kappa shape index (κ1) is 17.0. The number of nitrogens with zero attached hydrogens (tertiary/aromatic N) is 3. The monoisotopic (exact) mass is 343 g/mol. The molecule has 0 radical (unpaired) electrons. The van der Waals surface area contributed by atoms with Crippen LogP contribution in [0.1, 0.15) is 12.5 Å². The molecule has 25 heavy (non-hydrogen) atoms. The molecular formula is C17H21N5O3. The molecule has 2 aromatic heterocycles. The van der Waals surface area contributed by atoms with E-state index in [2.05, 4.69) is 15.3 Å². The zero-order valence-electron chi connectivity index (χ0n) is 14.2. The fourth-order valence-corrected chi connectivity index (χ4v) is 2.77. The highest BCUT2D eigenvalue weighted by molar-refractivity contribution is 5.74. The topological polar surface area (TPSA) is 105 Å². The van der Waals surface area contributed by atoms with Gasteiger partial charge in [-0.15, -0.1) is 0 Å². The van der Waals surface area contributed by atoms with Crippen LogP contribution in [0.3, 0.4) is 0 Å². The second-order valence-electron chi connectivity index (χ2n) is 6.05. The summed E-state index contributed by atoms with van der Waals surface area (Å²) in [7, 11) is 1.55. The lowest BCUT2D eigenvalue weighted by atomic mass is 10.1. The number of imidazole rings is 1. The molecule has 0 aliphatic rings. The lowest BCUT2D eigenvalue weighted by Gasteiger charge is -2.12. The van der Waals surface area contributed by atoms with E-state index in [-0.39, 0.29) is 17.7 Å². The minimum Gasteiger partial charge on any atom is -0.392 e. The van der Waals surface area contributed by atoms with E-state index in [1.165, 1.54) is 10.1 Å². The maximum atomic E-state index is 12.2. The van der Waals surface area contributed by atoms with Crippen molar-refractivity contribution in [1.29, 1.82) is 0 Å². The van der Waals surface area contributed by atoms with Gasteiger partial charge < -0.3 is 15.0 Å². The number of aromatic nitrogens is 4. The Balaban J connectivity index is 1.96. The van der Waals surface area contributed by atoms with Crippen molar-refractivity contribution >= 4 is 17.1 Å². The van der Waals surface area contributed by atoms with Crippen LogP contribution in [0.5, 0.6) is 0 Å². The smallest absolute Gasteiger partial charge is 0.329 e. The first-order chi connectivity index (χ1) is 12.0. The molecule has 0 aliphatic carbocycles. The molecule has 0 saturated heterocycles. The Hall–Kier alpha value is -2.87. The number of benzene rings is 1. The Kier molecular flexibility index (Phi) is 4.71. The van der Waals surface area contributed by atoms with Gasteiger partial charge in [0.05, 0.1) is 12.6 Å². The van der Waals surface area contributed by atoms with Gasteiger partial charge in [0.1, 0.15) is 0 Å². The quantitative estimate of drug-likeness (QED) is 0.603. The highest BCUT2D eigenvalue weighted by atomic mass is 16.3. The van der Waals surface area contributed by atoms with Crippen LogP contribution in [0.25, 0.3) is 11.2 Å². The van der Waals surface area contributed by atoms with Crippen LogP contribution in [0.4, 0.5) is 5.95 Å². The van der Waals surface area contributed by atoms with E-state index in [1.54, 1.807) is 18.5 Å². The Labute approximate surface area is 143 Å². The molecule has 1 atom stereocenters. The maximum Gasteiger partial charge on any atom is 0.329 e. The van der Waals surface area contributed by atoms with E-state index in [9.17, 15) is 14.7 Å². The summed E-state index contributed by atoms with van der Waals surface area (Å²) >= 11 is 0. The molecule has 8 nitrogen and oxygen atoms in total. The summed E-state index contributed by atoms with van der Waals surface area (Å²) in [5, 5.41) is 13.0. The Morgan fingerprint density at radius 3 is 2.68 bits per heavy atom. The number of nitrogens with one attached hydrogen (secondary N) is 2. The zero-order valence-corrected chi connectivity index (χ0v) is 14.2. The van der Waals surface area contributed by atoms with E-state index >= 15 is 0 Å². The van der Waals surface area contributed by atoms with Gasteiger partial charge in [0.2, 0.25) is 5.95 Å². The predicted octanol–water partition coefficient (Wildman–Crippen LogP) is 0.459. The number of hydrogen-bond acceptors (Lipinski definition) is 5. The van der Waals surface area contributed by atoms with Crippen LogP contribution in [-0.2, 0) is 20.0 Å². The number of H-pyrrole nitrogens is 1. The molecule has 2 heterocycles. The van der Waals surface area contributed by atoms with Gasteiger partial charge >= 0.3 is 5.69 Å². The molecule has 132 valence electrons. The third-order valence-corrected chi connectivity index (χ3v) is 3.99. The Morgan fingerprint density at radius 1 is 1.28 bits per heavy atom. The average molecular weight is 343 g/mol. The van der Waals surface area contributed by atoms with Crippen molar-refractivity contribution in [1.82, 2.24) is 19.1 Å². The van der Waals surface area contributed by atoms with Gasteiger partial charge in [-0.05, 0) is 18.9 Å². The first-order valence-electron chi connectivity index (χ1n) is 8.12. The van der Waals surface area contributed by atoms with Crippen LogP contribution in [0.2, 0.25) is 0 Å². The molecule has 1 aromatic carbocycles. The molecule has 0 bridgehead atoms. The Bertz CT molecular complexity index is 985. The van der Waals surface area contributed by atoms with Crippen molar-refractivity contribution < 1.29 is 5.11 Å². The van der Waals surface area contributed by atoms with Crippen LogP contribution in [0.15, 0.2) is 39.9 Å². The molecule has 0 unspecified atom stereocenters. The number of anilines is 1. The standard InChI is InChI=1S/C17H21N5O3/c1-11(23)10-22-13-14(21(2)17(25)20-15(13)24)19-16(22)18-9-8-12-6-4-3-5-7-12/h3-7,11,23H,8-10H2,1-2H3,(H,18,19)(H,20,24,25)/t11-/m1/s1. The summed E-state index contributed by atoms with van der Waals surface area (Å²) in [4.78, 5) is 30.7. The van der Waals surface area contributed by atoms with Gasteiger partial charge in [0, 0.05) is 13.6 Å². The summed E-state index contributed by atoms with van der Waals surface area (Å²) < 4.78 is 2.90. The van der Waals surface area contributed by atoms with Gasteiger partial charge in [-0.2, -0.15) is 4.98 Å². The number of rotatable bonds is 6. The summed E-state index contributed by atoms with van der Waals surface area (Å²) in [5.74, 6) is 0.457. The fraction of sp³-hybridized carbons (Fsp3) is 0.353. The molecule has 0 saturated carbocycles. The van der Waals surface area contributed by atoms with Crippen LogP contribution < -0.4 is 16.6 Å². The highest BCUT2D eigenvalue weighted by Gasteiger charge is 2.18. The van der Waals surface area contributed by atoms with Crippen LogP contribution in [-0.4, -0.2) is 36.9 Å². The van der Waals surface area contributed by atoms with Gasteiger partial charge in [-0.1, -0.05) is 30.3 Å². The van der Waals surface area contributed by atoms with Crippen molar-refractivity contribution in [2.24, 2.45) is 7.05 Å². The number of aryl methyl sites for hydroxylation is 1. The molecule has 0 amide bonds. The molecule has 3 rings (SSSR count). The van der Waals surface area contributed by atoms with Crippen molar-refractivity contribution in [3.05, 3.63) is 56.7 Å². The second kappa shape index (κ2) is 6.94. The first-order valence-corrected chi connectivity index (χ1v) is 8.12. The lowest BCUT2D eigenvalue weighted by Crippen LogP contribution is -2.29. The Morgan fingerprint density at radius 2 is 2.00 bits per heavy atom. The summed E-state index contributed by atoms with van der Waals surface area (Å²) in [6, 6.07) is 10.00. The molecule has 0 fully saturated rings. The van der Waals surface area contributed by atoms with Crippen molar-refractivity contribution in [2.75, 3.05) is 11.9 Å².